The lowest BCUT2D eigenvalue weighted by Crippen LogP contribution is -2.10. The first kappa shape index (κ1) is 20.7. The van der Waals surface area contributed by atoms with Crippen LogP contribution in [0.4, 0.5) is 11.4 Å². The van der Waals surface area contributed by atoms with Gasteiger partial charge in [0, 0.05) is 47.1 Å². The molecule has 0 aliphatic rings. The molecule has 0 bridgehead atoms. The highest BCUT2D eigenvalue weighted by molar-refractivity contribution is 7.19. The summed E-state index contributed by atoms with van der Waals surface area (Å²) >= 11 is 1.50. The van der Waals surface area contributed by atoms with E-state index < -0.39 is 0 Å². The molecule has 0 radical (unpaired) electrons. The predicted molar refractivity (Wildman–Crippen MR) is 134 cm³/mol. The predicted octanol–water partition coefficient (Wildman–Crippen LogP) is 5.25. The van der Waals surface area contributed by atoms with E-state index in [2.05, 4.69) is 49.1 Å². The van der Waals surface area contributed by atoms with Crippen LogP contribution in [-0.2, 0) is 6.54 Å². The lowest BCUT2D eigenvalue weighted by Gasteiger charge is -2.09. The molecule has 0 saturated carbocycles. The number of rotatable bonds is 4. The van der Waals surface area contributed by atoms with Crippen LogP contribution in [0.1, 0.15) is 21.7 Å². The van der Waals surface area contributed by atoms with Crippen LogP contribution in [0.15, 0.2) is 61.1 Å². The van der Waals surface area contributed by atoms with Gasteiger partial charge in [0.1, 0.15) is 16.6 Å². The fourth-order valence-corrected chi connectivity index (χ4v) is 4.49. The number of aromatic amines is 1. The van der Waals surface area contributed by atoms with Crippen molar-refractivity contribution in [2.75, 3.05) is 19.4 Å². The minimum absolute atomic E-state index is 0.493. The van der Waals surface area contributed by atoms with Crippen molar-refractivity contribution in [3.63, 3.8) is 0 Å². The summed E-state index contributed by atoms with van der Waals surface area (Å²) in [7, 11) is 4.06. The minimum atomic E-state index is 0.493. The van der Waals surface area contributed by atoms with E-state index >= 15 is 0 Å². The van der Waals surface area contributed by atoms with E-state index in [9.17, 15) is 5.26 Å². The van der Waals surface area contributed by atoms with E-state index in [1.807, 2.05) is 62.9 Å². The molecular weight excluding hydrogens is 428 g/mol. The first-order chi connectivity index (χ1) is 16.1. The summed E-state index contributed by atoms with van der Waals surface area (Å²) in [5.74, 6) is 6.34. The Kier molecular flexibility index (Phi) is 5.50. The summed E-state index contributed by atoms with van der Waals surface area (Å²) in [5.41, 5.74) is 5.08. The molecule has 5 rings (SSSR count). The van der Waals surface area contributed by atoms with Gasteiger partial charge in [-0.15, -0.1) is 11.3 Å². The zero-order valence-electron chi connectivity index (χ0n) is 18.2. The zero-order chi connectivity index (χ0) is 22.8. The van der Waals surface area contributed by atoms with Crippen LogP contribution in [0, 0.1) is 23.2 Å². The molecule has 4 aromatic heterocycles. The highest BCUT2D eigenvalue weighted by atomic mass is 32.1. The molecule has 1 aromatic carbocycles. The van der Waals surface area contributed by atoms with Crippen molar-refractivity contribution in [1.29, 1.82) is 5.26 Å². The van der Waals surface area contributed by atoms with E-state index in [0.717, 1.165) is 55.2 Å². The van der Waals surface area contributed by atoms with E-state index in [4.69, 9.17) is 0 Å². The second kappa shape index (κ2) is 8.76. The highest BCUT2D eigenvalue weighted by Crippen LogP contribution is 2.34. The van der Waals surface area contributed by atoms with E-state index in [1.165, 1.54) is 11.3 Å². The van der Waals surface area contributed by atoms with Crippen molar-refractivity contribution in [2.45, 2.75) is 6.54 Å². The fraction of sp³-hybridized carbons (Fsp3) is 0.115. The van der Waals surface area contributed by atoms with Gasteiger partial charge in [-0.2, -0.15) is 5.26 Å². The molecule has 33 heavy (non-hydrogen) atoms. The largest absolute Gasteiger partial charge is 0.361 e. The number of nitrogens with one attached hydrogen (secondary N) is 2. The maximum atomic E-state index is 9.66. The molecule has 4 heterocycles. The number of benzene rings is 1. The number of thiophene rings is 1. The average Bonchev–Trinajstić information content (AvgIpc) is 3.45. The Bertz CT molecular complexity index is 1560. The first-order valence-corrected chi connectivity index (χ1v) is 11.2. The Balaban J connectivity index is 1.47. The summed E-state index contributed by atoms with van der Waals surface area (Å²) in [4.78, 5) is 15.9. The van der Waals surface area contributed by atoms with Gasteiger partial charge in [0.15, 0.2) is 0 Å². The zero-order valence-corrected chi connectivity index (χ0v) is 19.0. The van der Waals surface area contributed by atoms with Gasteiger partial charge < -0.3 is 15.2 Å². The molecule has 0 aliphatic carbocycles. The van der Waals surface area contributed by atoms with E-state index in [-0.39, 0.29) is 0 Å². The average molecular weight is 449 g/mol. The number of nitrogens with zero attached hydrogens (tertiary/aromatic N) is 4. The van der Waals surface area contributed by atoms with Gasteiger partial charge in [-0.1, -0.05) is 6.07 Å². The van der Waals surface area contributed by atoms with Crippen LogP contribution >= 0.6 is 11.3 Å². The number of aromatic nitrogens is 3. The Morgan fingerprint density at radius 1 is 1.06 bits per heavy atom. The van der Waals surface area contributed by atoms with Gasteiger partial charge in [0.25, 0.3) is 0 Å². The number of nitriles is 1. The number of hydrogen-bond acceptors (Lipinski definition) is 6. The summed E-state index contributed by atoms with van der Waals surface area (Å²) in [6.45, 7) is 0.844. The third-order valence-corrected chi connectivity index (χ3v) is 6.10. The summed E-state index contributed by atoms with van der Waals surface area (Å²) in [5, 5.41) is 15.1. The lowest BCUT2D eigenvalue weighted by molar-refractivity contribution is 0.402. The molecule has 0 amide bonds. The van der Waals surface area contributed by atoms with Crippen molar-refractivity contribution in [2.24, 2.45) is 0 Å². The summed E-state index contributed by atoms with van der Waals surface area (Å²) in [6.07, 6.45) is 5.38. The standard InChI is InChI=1S/C26H20N6S/c1-32(2)16-17-3-4-20(29-14-17)5-7-22-12-23-25(19(13-27)15-30-26(23)33-22)31-21-6-8-24-18(11-21)9-10-28-24/h3-4,6,8-12,14-15,28H,16H2,1-2H3,(H,30,31). The molecule has 6 nitrogen and oxygen atoms in total. The van der Waals surface area contributed by atoms with E-state index in [1.54, 1.807) is 6.20 Å². The Morgan fingerprint density at radius 3 is 2.76 bits per heavy atom. The van der Waals surface area contributed by atoms with Crippen LogP contribution in [0.2, 0.25) is 0 Å². The van der Waals surface area contributed by atoms with Gasteiger partial charge >= 0.3 is 0 Å². The minimum Gasteiger partial charge on any atom is -0.361 e. The maximum Gasteiger partial charge on any atom is 0.126 e. The SMILES string of the molecule is CN(C)Cc1ccc(C#Cc2cc3c(Nc4ccc5[nH]ccc5c4)c(C#N)cnc3s2)nc1. The smallest absolute Gasteiger partial charge is 0.126 e. The summed E-state index contributed by atoms with van der Waals surface area (Å²) < 4.78 is 0. The number of hydrogen-bond donors (Lipinski definition) is 2. The Labute approximate surface area is 195 Å². The van der Waals surface area contributed by atoms with Gasteiger partial charge in [0.2, 0.25) is 0 Å². The van der Waals surface area contributed by atoms with Crippen LogP contribution < -0.4 is 5.32 Å². The van der Waals surface area contributed by atoms with Gasteiger partial charge in [-0.3, -0.25) is 0 Å². The number of anilines is 2. The number of fused-ring (bicyclic) bond motifs is 2. The number of pyridine rings is 2. The van der Waals surface area contributed by atoms with E-state index in [0.29, 0.717) is 5.56 Å². The maximum absolute atomic E-state index is 9.66. The van der Waals surface area contributed by atoms with Crippen LogP contribution in [0.25, 0.3) is 21.1 Å². The monoisotopic (exact) mass is 448 g/mol. The molecule has 0 spiro atoms. The summed E-state index contributed by atoms with van der Waals surface area (Å²) in [6, 6.07) is 16.3. The molecule has 160 valence electrons. The molecule has 0 fully saturated rings. The normalized spacial score (nSPS) is 10.8. The third kappa shape index (κ3) is 4.42. The Hall–Kier alpha value is -4.17. The highest BCUT2D eigenvalue weighted by Gasteiger charge is 2.13. The second-order valence-electron chi connectivity index (χ2n) is 7.93. The molecule has 0 unspecified atom stereocenters. The second-order valence-corrected chi connectivity index (χ2v) is 8.96. The van der Waals surface area contributed by atoms with Gasteiger partial charge in [-0.05, 0) is 67.9 Å². The van der Waals surface area contributed by atoms with Crippen LogP contribution in [0.5, 0.6) is 0 Å². The Morgan fingerprint density at radius 2 is 1.97 bits per heavy atom. The molecular formula is C26H20N6S. The van der Waals surface area contributed by atoms with Crippen molar-refractivity contribution < 1.29 is 0 Å². The number of H-pyrrole nitrogens is 1. The topological polar surface area (TPSA) is 80.6 Å². The first-order valence-electron chi connectivity index (χ1n) is 10.4. The van der Waals surface area contributed by atoms with Gasteiger partial charge in [-0.25, -0.2) is 9.97 Å². The fourth-order valence-electron chi connectivity index (χ4n) is 3.63. The molecule has 5 aromatic rings. The molecule has 0 aliphatic heterocycles. The molecule has 7 heteroatoms. The van der Waals surface area contributed by atoms with Gasteiger partial charge in [0.05, 0.1) is 16.1 Å². The molecule has 0 saturated heterocycles. The lowest BCUT2D eigenvalue weighted by atomic mass is 10.1. The van der Waals surface area contributed by atoms with Crippen molar-refractivity contribution in [3.8, 4) is 17.9 Å². The quantitative estimate of drug-likeness (QED) is 0.367. The molecule has 0 atom stereocenters. The van der Waals surface area contributed by atoms with Crippen LogP contribution in [0.3, 0.4) is 0 Å². The molecule has 2 N–H and O–H groups in total. The third-order valence-electron chi connectivity index (χ3n) is 5.14. The van der Waals surface area contributed by atoms with Crippen LogP contribution in [-0.4, -0.2) is 33.9 Å². The van der Waals surface area contributed by atoms with Crippen molar-refractivity contribution in [3.05, 3.63) is 82.8 Å². The van der Waals surface area contributed by atoms with Crippen molar-refractivity contribution >= 4 is 43.8 Å². The van der Waals surface area contributed by atoms with Crippen molar-refractivity contribution in [1.82, 2.24) is 19.9 Å².